The van der Waals surface area contributed by atoms with E-state index in [1.807, 2.05) is 0 Å². The van der Waals surface area contributed by atoms with Crippen LogP contribution in [-0.2, 0) is 14.3 Å². The number of carbonyl (C=O) groups is 3. The highest BCUT2D eigenvalue weighted by atomic mass is 16.5. The van der Waals surface area contributed by atoms with Crippen LogP contribution in [-0.4, -0.2) is 42.8 Å². The zero-order valence-corrected chi connectivity index (χ0v) is 11.7. The van der Waals surface area contributed by atoms with Gasteiger partial charge in [-0.15, -0.1) is 0 Å². The Balaban J connectivity index is 4.35. The van der Waals surface area contributed by atoms with Gasteiger partial charge in [-0.25, -0.2) is 9.59 Å². The van der Waals surface area contributed by atoms with Crippen molar-refractivity contribution in [3.63, 3.8) is 0 Å². The normalized spacial score (nSPS) is 13.5. The van der Waals surface area contributed by atoms with Gasteiger partial charge in [0.15, 0.2) is 0 Å². The van der Waals surface area contributed by atoms with Gasteiger partial charge in [-0.05, 0) is 12.3 Å². The Labute approximate surface area is 112 Å². The van der Waals surface area contributed by atoms with Gasteiger partial charge in [-0.3, -0.25) is 4.79 Å². The van der Waals surface area contributed by atoms with Crippen molar-refractivity contribution < 1.29 is 24.2 Å². The predicted molar refractivity (Wildman–Crippen MR) is 68.6 cm³/mol. The average molecular weight is 274 g/mol. The summed E-state index contributed by atoms with van der Waals surface area (Å²) in [6.07, 6.45) is 0.417. The molecule has 0 bridgehead atoms. The number of carbonyl (C=O) groups excluding carboxylic acids is 2. The second kappa shape index (κ2) is 8.34. The first kappa shape index (κ1) is 17.2. The number of carboxylic acid groups (broad SMARTS) is 1. The van der Waals surface area contributed by atoms with Crippen molar-refractivity contribution >= 4 is 18.0 Å². The summed E-state index contributed by atoms with van der Waals surface area (Å²) in [7, 11) is 1.24. The van der Waals surface area contributed by atoms with Crippen LogP contribution >= 0.6 is 0 Å². The van der Waals surface area contributed by atoms with Gasteiger partial charge in [0.25, 0.3) is 0 Å². The quantitative estimate of drug-likeness (QED) is 0.589. The van der Waals surface area contributed by atoms with Crippen LogP contribution in [0.1, 0.15) is 27.2 Å². The maximum Gasteiger partial charge on any atom is 0.328 e. The number of esters is 1. The highest BCUT2D eigenvalue weighted by Gasteiger charge is 2.25. The summed E-state index contributed by atoms with van der Waals surface area (Å²) in [5.74, 6) is -2.26. The summed E-state index contributed by atoms with van der Waals surface area (Å²) in [4.78, 5) is 33.8. The molecular formula is C12H22N2O5. The summed E-state index contributed by atoms with van der Waals surface area (Å²) in [6, 6.07) is -1.33. The van der Waals surface area contributed by atoms with Gasteiger partial charge in [0.2, 0.25) is 0 Å². The van der Waals surface area contributed by atoms with Crippen molar-refractivity contribution in [1.82, 2.24) is 10.6 Å². The van der Waals surface area contributed by atoms with Gasteiger partial charge in [0, 0.05) is 6.54 Å². The fourth-order valence-corrected chi connectivity index (χ4v) is 1.44. The molecule has 7 heteroatoms. The molecule has 0 rings (SSSR count). The summed E-state index contributed by atoms with van der Waals surface area (Å²) in [6.45, 7) is 5.29. The van der Waals surface area contributed by atoms with Gasteiger partial charge in [-0.1, -0.05) is 20.8 Å². The highest BCUT2D eigenvalue weighted by Crippen LogP contribution is 2.04. The number of rotatable bonds is 7. The lowest BCUT2D eigenvalue weighted by Crippen LogP contribution is -2.50. The first-order chi connectivity index (χ1) is 8.83. The van der Waals surface area contributed by atoms with Crippen LogP contribution < -0.4 is 10.6 Å². The minimum atomic E-state index is -0.962. The molecule has 2 atom stereocenters. The summed E-state index contributed by atoms with van der Waals surface area (Å²) in [5, 5.41) is 13.7. The fourth-order valence-electron chi connectivity index (χ4n) is 1.44. The second-order valence-corrected chi connectivity index (χ2v) is 4.54. The molecule has 0 aliphatic heterocycles. The number of amides is 2. The van der Waals surface area contributed by atoms with E-state index in [2.05, 4.69) is 15.4 Å². The van der Waals surface area contributed by atoms with Crippen molar-refractivity contribution in [2.45, 2.75) is 33.2 Å². The molecule has 0 aromatic carbocycles. The molecular weight excluding hydrogens is 252 g/mol. The van der Waals surface area contributed by atoms with E-state index in [1.54, 1.807) is 20.8 Å². The van der Waals surface area contributed by atoms with Crippen molar-refractivity contribution in [2.75, 3.05) is 13.7 Å². The number of hydrogen-bond donors (Lipinski definition) is 3. The Morgan fingerprint density at radius 1 is 1.26 bits per heavy atom. The average Bonchev–Trinajstić information content (AvgIpc) is 2.34. The predicted octanol–water partition coefficient (Wildman–Crippen LogP) is 0.594. The lowest BCUT2D eigenvalue weighted by atomic mass is 10.1. The molecule has 2 unspecified atom stereocenters. The Hall–Kier alpha value is -1.79. The molecule has 7 nitrogen and oxygen atoms in total. The Kier molecular flexibility index (Phi) is 7.55. The number of ether oxygens (including phenoxy) is 1. The van der Waals surface area contributed by atoms with Gasteiger partial charge >= 0.3 is 18.0 Å². The maximum atomic E-state index is 11.6. The molecule has 0 aromatic rings. The molecule has 2 amide bonds. The number of methoxy groups -OCH3 is 1. The van der Waals surface area contributed by atoms with E-state index >= 15 is 0 Å². The second-order valence-electron chi connectivity index (χ2n) is 4.54. The van der Waals surface area contributed by atoms with Gasteiger partial charge in [0.05, 0.1) is 13.0 Å². The first-order valence-corrected chi connectivity index (χ1v) is 6.18. The maximum absolute atomic E-state index is 11.6. The Morgan fingerprint density at radius 3 is 2.21 bits per heavy atom. The van der Waals surface area contributed by atoms with E-state index in [0.717, 1.165) is 0 Å². The molecule has 0 fully saturated rings. The van der Waals surface area contributed by atoms with E-state index in [0.29, 0.717) is 6.42 Å². The SMILES string of the molecule is CCC(CNC(=O)NC(C(=O)OC)C(C)C)C(=O)O. The third-order valence-corrected chi connectivity index (χ3v) is 2.76. The first-order valence-electron chi connectivity index (χ1n) is 6.18. The van der Waals surface area contributed by atoms with E-state index in [9.17, 15) is 14.4 Å². The Bertz CT molecular complexity index is 330. The third-order valence-electron chi connectivity index (χ3n) is 2.76. The van der Waals surface area contributed by atoms with E-state index in [4.69, 9.17) is 5.11 Å². The minimum absolute atomic E-state index is 0.0175. The lowest BCUT2D eigenvalue weighted by molar-refractivity contribution is -0.144. The number of carboxylic acids is 1. The molecule has 0 saturated carbocycles. The molecule has 0 aliphatic carbocycles. The number of hydrogen-bond acceptors (Lipinski definition) is 4. The lowest BCUT2D eigenvalue weighted by Gasteiger charge is -2.20. The van der Waals surface area contributed by atoms with Crippen molar-refractivity contribution in [3.8, 4) is 0 Å². The number of urea groups is 1. The zero-order valence-electron chi connectivity index (χ0n) is 11.7. The monoisotopic (exact) mass is 274 g/mol. The fraction of sp³-hybridized carbons (Fsp3) is 0.750. The summed E-state index contributed by atoms with van der Waals surface area (Å²) < 4.78 is 4.58. The van der Waals surface area contributed by atoms with Crippen LogP contribution in [0.15, 0.2) is 0 Å². The molecule has 0 saturated heterocycles. The van der Waals surface area contributed by atoms with Gasteiger partial charge in [0.1, 0.15) is 6.04 Å². The molecule has 19 heavy (non-hydrogen) atoms. The largest absolute Gasteiger partial charge is 0.481 e. The van der Waals surface area contributed by atoms with Crippen LogP contribution in [0.25, 0.3) is 0 Å². The van der Waals surface area contributed by atoms with Crippen LogP contribution in [0.4, 0.5) is 4.79 Å². The number of nitrogens with one attached hydrogen (secondary N) is 2. The van der Waals surface area contributed by atoms with Crippen molar-refractivity contribution in [2.24, 2.45) is 11.8 Å². The van der Waals surface area contributed by atoms with E-state index in [1.165, 1.54) is 7.11 Å². The minimum Gasteiger partial charge on any atom is -0.481 e. The smallest absolute Gasteiger partial charge is 0.328 e. The molecule has 0 aliphatic rings. The van der Waals surface area contributed by atoms with Crippen LogP contribution in [0.3, 0.4) is 0 Å². The van der Waals surface area contributed by atoms with Crippen molar-refractivity contribution in [1.29, 1.82) is 0 Å². The molecule has 0 radical (unpaired) electrons. The molecule has 0 spiro atoms. The van der Waals surface area contributed by atoms with E-state index < -0.39 is 29.9 Å². The third kappa shape index (κ3) is 6.08. The number of aliphatic carboxylic acids is 1. The highest BCUT2D eigenvalue weighted by molar-refractivity contribution is 5.84. The molecule has 0 aromatic heterocycles. The van der Waals surface area contributed by atoms with Crippen LogP contribution in [0.5, 0.6) is 0 Å². The summed E-state index contributed by atoms with van der Waals surface area (Å²) in [5.41, 5.74) is 0. The molecule has 0 heterocycles. The standard InChI is InChI=1S/C12H22N2O5/c1-5-8(10(15)16)6-13-12(18)14-9(7(2)3)11(17)19-4/h7-9H,5-6H2,1-4H3,(H,15,16)(H2,13,14,18). The van der Waals surface area contributed by atoms with Gasteiger partial charge < -0.3 is 20.5 Å². The molecule has 3 N–H and O–H groups in total. The topological polar surface area (TPSA) is 105 Å². The van der Waals surface area contributed by atoms with Crippen molar-refractivity contribution in [3.05, 3.63) is 0 Å². The van der Waals surface area contributed by atoms with Crippen LogP contribution in [0, 0.1) is 11.8 Å². The summed E-state index contributed by atoms with van der Waals surface area (Å²) >= 11 is 0. The van der Waals surface area contributed by atoms with E-state index in [-0.39, 0.29) is 12.5 Å². The molecule has 110 valence electrons. The van der Waals surface area contributed by atoms with Crippen LogP contribution in [0.2, 0.25) is 0 Å². The Morgan fingerprint density at radius 2 is 1.84 bits per heavy atom. The zero-order chi connectivity index (χ0) is 15.0. The van der Waals surface area contributed by atoms with Gasteiger partial charge in [-0.2, -0.15) is 0 Å².